The van der Waals surface area contributed by atoms with Gasteiger partial charge in [0.1, 0.15) is 0 Å². The maximum Gasteiger partial charge on any atom is 0.0538 e. The van der Waals surface area contributed by atoms with E-state index in [4.69, 9.17) is 5.73 Å². The molecule has 0 aliphatic heterocycles. The molecule has 0 saturated heterocycles. The Morgan fingerprint density at radius 2 is 2.00 bits per heavy atom. The van der Waals surface area contributed by atoms with Crippen molar-refractivity contribution >= 4 is 0 Å². The first kappa shape index (κ1) is 16.1. The van der Waals surface area contributed by atoms with Crippen molar-refractivity contribution in [2.45, 2.75) is 19.9 Å². The highest BCUT2D eigenvalue weighted by Gasteiger charge is 2.21. The van der Waals surface area contributed by atoms with Crippen LogP contribution >= 0.6 is 0 Å². The van der Waals surface area contributed by atoms with Crippen LogP contribution in [0, 0.1) is 5.92 Å². The summed E-state index contributed by atoms with van der Waals surface area (Å²) in [6.07, 6.45) is 4.00. The quantitative estimate of drug-likeness (QED) is 0.761. The lowest BCUT2D eigenvalue weighted by molar-refractivity contribution is 0.163. The van der Waals surface area contributed by atoms with E-state index in [2.05, 4.69) is 49.0 Å². The van der Waals surface area contributed by atoms with E-state index in [0.717, 1.165) is 19.6 Å². The van der Waals surface area contributed by atoms with Crippen LogP contribution < -0.4 is 5.73 Å². The van der Waals surface area contributed by atoms with E-state index >= 15 is 0 Å². The summed E-state index contributed by atoms with van der Waals surface area (Å²) in [6.45, 7) is 8.26. The first-order valence-electron chi connectivity index (χ1n) is 7.01. The van der Waals surface area contributed by atoms with Gasteiger partial charge in [-0.2, -0.15) is 5.10 Å². The second-order valence-electron chi connectivity index (χ2n) is 5.89. The minimum atomic E-state index is 0.260. The molecule has 1 aromatic rings. The molecule has 1 unspecified atom stereocenters. The lowest BCUT2D eigenvalue weighted by Crippen LogP contribution is -2.40. The van der Waals surface area contributed by atoms with E-state index in [1.165, 1.54) is 5.56 Å². The van der Waals surface area contributed by atoms with Gasteiger partial charge < -0.3 is 10.6 Å². The number of aryl methyl sites for hydroxylation is 1. The molecule has 1 aromatic heterocycles. The van der Waals surface area contributed by atoms with Crippen LogP contribution in [-0.4, -0.2) is 59.9 Å². The third-order valence-electron chi connectivity index (χ3n) is 3.21. The van der Waals surface area contributed by atoms with Crippen molar-refractivity contribution in [3.63, 3.8) is 0 Å². The van der Waals surface area contributed by atoms with E-state index in [0.29, 0.717) is 12.5 Å². The molecule has 5 nitrogen and oxygen atoms in total. The van der Waals surface area contributed by atoms with E-state index in [-0.39, 0.29) is 6.04 Å². The van der Waals surface area contributed by atoms with Crippen LogP contribution in [0.1, 0.15) is 25.5 Å². The van der Waals surface area contributed by atoms with Crippen molar-refractivity contribution in [1.82, 2.24) is 19.6 Å². The van der Waals surface area contributed by atoms with Crippen molar-refractivity contribution in [2.24, 2.45) is 18.7 Å². The summed E-state index contributed by atoms with van der Waals surface area (Å²) >= 11 is 0. The molecule has 0 aliphatic rings. The molecule has 0 radical (unpaired) electrons. The zero-order valence-electron chi connectivity index (χ0n) is 13.0. The molecular formula is C14H29N5. The number of hydrogen-bond acceptors (Lipinski definition) is 4. The molecule has 0 bridgehead atoms. The fraction of sp³-hybridized carbons (Fsp3) is 0.786. The van der Waals surface area contributed by atoms with E-state index in [1.807, 2.05) is 17.9 Å². The predicted octanol–water partition coefficient (Wildman–Crippen LogP) is 0.940. The number of aromatic nitrogens is 2. The van der Waals surface area contributed by atoms with Gasteiger partial charge in [-0.15, -0.1) is 0 Å². The summed E-state index contributed by atoms with van der Waals surface area (Å²) in [6, 6.07) is 0.260. The van der Waals surface area contributed by atoms with Gasteiger partial charge >= 0.3 is 0 Å². The fourth-order valence-electron chi connectivity index (χ4n) is 2.28. The molecule has 0 fully saturated rings. The Morgan fingerprint density at radius 1 is 1.32 bits per heavy atom. The molecule has 0 saturated carbocycles. The maximum absolute atomic E-state index is 6.00. The molecule has 1 rings (SSSR count). The Hall–Kier alpha value is -0.910. The van der Waals surface area contributed by atoms with E-state index < -0.39 is 0 Å². The molecule has 0 aromatic carbocycles. The summed E-state index contributed by atoms with van der Waals surface area (Å²) in [7, 11) is 6.16. The summed E-state index contributed by atoms with van der Waals surface area (Å²) in [5.74, 6) is 0.632. The zero-order chi connectivity index (χ0) is 14.4. The number of rotatable bonds is 8. The van der Waals surface area contributed by atoms with Crippen molar-refractivity contribution in [2.75, 3.05) is 40.3 Å². The Bertz CT molecular complexity index is 358. The topological polar surface area (TPSA) is 50.3 Å². The van der Waals surface area contributed by atoms with Gasteiger partial charge in [-0.05, 0) is 20.0 Å². The van der Waals surface area contributed by atoms with Gasteiger partial charge in [0.15, 0.2) is 0 Å². The summed E-state index contributed by atoms with van der Waals surface area (Å²) in [5, 5.41) is 4.27. The number of hydrogen-bond donors (Lipinski definition) is 1. The molecule has 2 N–H and O–H groups in total. The third kappa shape index (κ3) is 5.30. The molecule has 0 aliphatic carbocycles. The molecule has 110 valence electrons. The van der Waals surface area contributed by atoms with Crippen molar-refractivity contribution in [1.29, 1.82) is 0 Å². The van der Waals surface area contributed by atoms with E-state index in [9.17, 15) is 0 Å². The second-order valence-corrected chi connectivity index (χ2v) is 5.89. The average Bonchev–Trinajstić information content (AvgIpc) is 2.72. The van der Waals surface area contributed by atoms with Gasteiger partial charge in [-0.1, -0.05) is 13.8 Å². The second kappa shape index (κ2) is 7.62. The largest absolute Gasteiger partial charge is 0.329 e. The van der Waals surface area contributed by atoms with Crippen LogP contribution in [0.4, 0.5) is 0 Å². The Kier molecular flexibility index (Phi) is 6.48. The van der Waals surface area contributed by atoms with E-state index in [1.54, 1.807) is 0 Å². The van der Waals surface area contributed by atoms with Gasteiger partial charge in [0.05, 0.1) is 12.2 Å². The maximum atomic E-state index is 6.00. The minimum Gasteiger partial charge on any atom is -0.329 e. The van der Waals surface area contributed by atoms with Crippen molar-refractivity contribution in [3.05, 3.63) is 18.0 Å². The van der Waals surface area contributed by atoms with Crippen LogP contribution in [0.25, 0.3) is 0 Å². The van der Waals surface area contributed by atoms with Crippen LogP contribution in [0.15, 0.2) is 12.4 Å². The molecule has 0 amide bonds. The SMILES string of the molecule is CC(C)CN(CCN(C)C)C(CN)c1cnn(C)c1. The van der Waals surface area contributed by atoms with Crippen LogP contribution in [-0.2, 0) is 7.05 Å². The van der Waals surface area contributed by atoms with Crippen molar-refractivity contribution < 1.29 is 0 Å². The van der Waals surface area contributed by atoms with Crippen LogP contribution in [0.2, 0.25) is 0 Å². The molecule has 1 atom stereocenters. The highest BCUT2D eigenvalue weighted by atomic mass is 15.3. The molecule has 19 heavy (non-hydrogen) atoms. The highest BCUT2D eigenvalue weighted by molar-refractivity contribution is 5.11. The first-order valence-corrected chi connectivity index (χ1v) is 7.01. The Labute approximate surface area is 117 Å². The predicted molar refractivity (Wildman–Crippen MR) is 80.0 cm³/mol. The molecule has 1 heterocycles. The average molecular weight is 267 g/mol. The summed E-state index contributed by atoms with van der Waals surface area (Å²) in [5.41, 5.74) is 7.22. The van der Waals surface area contributed by atoms with Crippen LogP contribution in [0.3, 0.4) is 0 Å². The van der Waals surface area contributed by atoms with Gasteiger partial charge in [-0.25, -0.2) is 0 Å². The number of nitrogens with two attached hydrogens (primary N) is 1. The zero-order valence-corrected chi connectivity index (χ0v) is 13.0. The number of nitrogens with zero attached hydrogens (tertiary/aromatic N) is 4. The molecule has 0 spiro atoms. The van der Waals surface area contributed by atoms with Gasteiger partial charge in [0.2, 0.25) is 0 Å². The molecule has 5 heteroatoms. The summed E-state index contributed by atoms with van der Waals surface area (Å²) < 4.78 is 1.84. The third-order valence-corrected chi connectivity index (χ3v) is 3.21. The Morgan fingerprint density at radius 3 is 2.42 bits per heavy atom. The fourth-order valence-corrected chi connectivity index (χ4v) is 2.28. The lowest BCUT2D eigenvalue weighted by Gasteiger charge is -2.32. The van der Waals surface area contributed by atoms with Gasteiger partial charge in [0.25, 0.3) is 0 Å². The van der Waals surface area contributed by atoms with Gasteiger partial charge in [0, 0.05) is 45.0 Å². The lowest BCUT2D eigenvalue weighted by atomic mass is 10.1. The summed E-state index contributed by atoms with van der Waals surface area (Å²) in [4.78, 5) is 4.69. The van der Waals surface area contributed by atoms with Gasteiger partial charge in [-0.3, -0.25) is 9.58 Å². The standard InChI is InChI=1S/C14H29N5/c1-12(2)10-19(7-6-17(3)4)14(8-15)13-9-16-18(5)11-13/h9,11-12,14H,6-8,10,15H2,1-5H3. The first-order chi connectivity index (χ1) is 8.93. The Balaban J connectivity index is 2.79. The smallest absolute Gasteiger partial charge is 0.0538 e. The normalized spacial score (nSPS) is 13.7. The highest BCUT2D eigenvalue weighted by Crippen LogP contribution is 2.20. The van der Waals surface area contributed by atoms with Crippen LogP contribution in [0.5, 0.6) is 0 Å². The monoisotopic (exact) mass is 267 g/mol. The minimum absolute atomic E-state index is 0.260. The molecular weight excluding hydrogens is 238 g/mol. The number of likely N-dealkylation sites (N-methyl/N-ethyl adjacent to an activating group) is 1. The van der Waals surface area contributed by atoms with Crippen molar-refractivity contribution in [3.8, 4) is 0 Å².